The Balaban J connectivity index is 1.59. The first kappa shape index (κ1) is 14.1. The molecule has 0 spiro atoms. The minimum Gasteiger partial charge on any atom is -0.493 e. The summed E-state index contributed by atoms with van der Waals surface area (Å²) < 4.78 is 11.0. The predicted octanol–water partition coefficient (Wildman–Crippen LogP) is 3.49. The second-order valence-electron chi connectivity index (χ2n) is 4.36. The Morgan fingerprint density at radius 2 is 1.10 bits per heavy atom. The number of carbonyl (C=O) groups excluding carboxylic acids is 1. The standard InChI is InChI=1S/C17H18O3/c18-15(11-13-19-16-7-3-1-4-8-16)12-14-20-17-9-5-2-6-10-17/h1-10H,11-14H2. The third-order valence-corrected chi connectivity index (χ3v) is 2.79. The Kier molecular flexibility index (Phi) is 5.65. The van der Waals surface area contributed by atoms with Crippen molar-refractivity contribution in [3.05, 3.63) is 60.7 Å². The topological polar surface area (TPSA) is 35.5 Å². The van der Waals surface area contributed by atoms with Crippen LogP contribution < -0.4 is 9.47 Å². The Morgan fingerprint density at radius 3 is 1.50 bits per heavy atom. The lowest BCUT2D eigenvalue weighted by atomic mass is 10.2. The zero-order chi connectivity index (χ0) is 14.0. The van der Waals surface area contributed by atoms with E-state index in [-0.39, 0.29) is 5.78 Å². The van der Waals surface area contributed by atoms with E-state index in [0.29, 0.717) is 26.1 Å². The third kappa shape index (κ3) is 5.14. The number of benzene rings is 2. The number of hydrogen-bond acceptors (Lipinski definition) is 3. The van der Waals surface area contributed by atoms with Gasteiger partial charge < -0.3 is 9.47 Å². The molecule has 2 rings (SSSR count). The first-order valence-electron chi connectivity index (χ1n) is 6.72. The summed E-state index contributed by atoms with van der Waals surface area (Å²) in [4.78, 5) is 11.7. The third-order valence-electron chi connectivity index (χ3n) is 2.79. The van der Waals surface area contributed by atoms with E-state index in [2.05, 4.69) is 0 Å². The van der Waals surface area contributed by atoms with Crippen LogP contribution in [0.4, 0.5) is 0 Å². The van der Waals surface area contributed by atoms with Crippen LogP contribution in [-0.2, 0) is 4.79 Å². The Labute approximate surface area is 119 Å². The van der Waals surface area contributed by atoms with E-state index in [9.17, 15) is 4.79 Å². The lowest BCUT2D eigenvalue weighted by molar-refractivity contribution is -0.120. The summed E-state index contributed by atoms with van der Waals surface area (Å²) in [5.41, 5.74) is 0. The van der Waals surface area contributed by atoms with Crippen LogP contribution in [0.15, 0.2) is 60.7 Å². The largest absolute Gasteiger partial charge is 0.493 e. The van der Waals surface area contributed by atoms with Gasteiger partial charge in [0.1, 0.15) is 17.3 Å². The molecule has 0 saturated heterocycles. The quantitative estimate of drug-likeness (QED) is 0.736. The van der Waals surface area contributed by atoms with Crippen LogP contribution in [0.5, 0.6) is 11.5 Å². The van der Waals surface area contributed by atoms with Crippen LogP contribution >= 0.6 is 0 Å². The highest BCUT2D eigenvalue weighted by Gasteiger charge is 2.03. The van der Waals surface area contributed by atoms with Gasteiger partial charge in [-0.1, -0.05) is 36.4 Å². The molecule has 2 aromatic rings. The molecule has 3 nitrogen and oxygen atoms in total. The monoisotopic (exact) mass is 270 g/mol. The van der Waals surface area contributed by atoms with E-state index in [1.54, 1.807) is 0 Å². The Hall–Kier alpha value is -2.29. The van der Waals surface area contributed by atoms with Gasteiger partial charge in [-0.05, 0) is 24.3 Å². The fraction of sp³-hybridized carbons (Fsp3) is 0.235. The molecule has 0 unspecified atom stereocenters. The molecule has 20 heavy (non-hydrogen) atoms. The van der Waals surface area contributed by atoms with Gasteiger partial charge in [0.15, 0.2) is 0 Å². The molecule has 0 heterocycles. The zero-order valence-electron chi connectivity index (χ0n) is 11.3. The van der Waals surface area contributed by atoms with Gasteiger partial charge in [0.2, 0.25) is 0 Å². The molecule has 0 radical (unpaired) electrons. The molecule has 0 fully saturated rings. The summed E-state index contributed by atoms with van der Waals surface area (Å²) in [5, 5.41) is 0. The first-order valence-corrected chi connectivity index (χ1v) is 6.72. The number of Topliss-reactive ketones (excluding diaryl/α,β-unsaturated/α-hetero) is 1. The van der Waals surface area contributed by atoms with Crippen LogP contribution in [-0.4, -0.2) is 19.0 Å². The van der Waals surface area contributed by atoms with Crippen molar-refractivity contribution in [3.8, 4) is 11.5 Å². The van der Waals surface area contributed by atoms with Crippen molar-refractivity contribution in [2.24, 2.45) is 0 Å². The highest BCUT2D eigenvalue weighted by Crippen LogP contribution is 2.10. The van der Waals surface area contributed by atoms with Crippen molar-refractivity contribution in [1.82, 2.24) is 0 Å². The normalized spacial score (nSPS) is 10.0. The summed E-state index contributed by atoms with van der Waals surface area (Å²) in [6.07, 6.45) is 0.820. The average molecular weight is 270 g/mol. The summed E-state index contributed by atoms with van der Waals surface area (Å²) in [7, 11) is 0. The molecule has 0 aliphatic rings. The van der Waals surface area contributed by atoms with Crippen LogP contribution in [0, 0.1) is 0 Å². The van der Waals surface area contributed by atoms with Gasteiger partial charge in [0.05, 0.1) is 13.2 Å². The van der Waals surface area contributed by atoms with Gasteiger partial charge in [-0.25, -0.2) is 0 Å². The maximum atomic E-state index is 11.7. The van der Waals surface area contributed by atoms with E-state index in [1.807, 2.05) is 60.7 Å². The maximum absolute atomic E-state index is 11.7. The van der Waals surface area contributed by atoms with E-state index in [1.165, 1.54) is 0 Å². The van der Waals surface area contributed by atoms with Crippen LogP contribution in [0.1, 0.15) is 12.8 Å². The molecule has 0 saturated carbocycles. The molecule has 104 valence electrons. The molecule has 0 aliphatic heterocycles. The lowest BCUT2D eigenvalue weighted by Crippen LogP contribution is -2.10. The molecule has 0 aromatic heterocycles. The highest BCUT2D eigenvalue weighted by molar-refractivity contribution is 5.78. The molecule has 0 atom stereocenters. The fourth-order valence-electron chi connectivity index (χ4n) is 1.72. The van der Waals surface area contributed by atoms with Gasteiger partial charge in [0, 0.05) is 12.8 Å². The van der Waals surface area contributed by atoms with Gasteiger partial charge in [-0.3, -0.25) is 4.79 Å². The van der Waals surface area contributed by atoms with Gasteiger partial charge in [-0.2, -0.15) is 0 Å². The van der Waals surface area contributed by atoms with E-state index in [0.717, 1.165) is 11.5 Å². The van der Waals surface area contributed by atoms with Crippen molar-refractivity contribution < 1.29 is 14.3 Å². The molecule has 0 bridgehead atoms. The SMILES string of the molecule is O=C(CCOc1ccccc1)CCOc1ccccc1. The van der Waals surface area contributed by atoms with Crippen molar-refractivity contribution >= 4 is 5.78 Å². The number of carbonyl (C=O) groups is 1. The maximum Gasteiger partial charge on any atom is 0.139 e. The van der Waals surface area contributed by atoms with E-state index < -0.39 is 0 Å². The van der Waals surface area contributed by atoms with Gasteiger partial charge in [-0.15, -0.1) is 0 Å². The molecule has 0 amide bonds. The second-order valence-corrected chi connectivity index (χ2v) is 4.36. The minimum absolute atomic E-state index is 0.150. The van der Waals surface area contributed by atoms with Crippen molar-refractivity contribution in [3.63, 3.8) is 0 Å². The van der Waals surface area contributed by atoms with Crippen LogP contribution in [0.25, 0.3) is 0 Å². The van der Waals surface area contributed by atoms with Crippen LogP contribution in [0.2, 0.25) is 0 Å². The second kappa shape index (κ2) is 8.00. The van der Waals surface area contributed by atoms with Gasteiger partial charge in [0.25, 0.3) is 0 Å². The smallest absolute Gasteiger partial charge is 0.139 e. The summed E-state index contributed by atoms with van der Waals surface area (Å²) in [6, 6.07) is 19.0. The number of para-hydroxylation sites is 2. The zero-order valence-corrected chi connectivity index (χ0v) is 11.3. The first-order chi connectivity index (χ1) is 9.84. The molecule has 0 N–H and O–H groups in total. The summed E-state index contributed by atoms with van der Waals surface area (Å²) in [6.45, 7) is 0.822. The number of hydrogen-bond donors (Lipinski definition) is 0. The molecular weight excluding hydrogens is 252 g/mol. The molecular formula is C17H18O3. The fourth-order valence-corrected chi connectivity index (χ4v) is 1.72. The summed E-state index contributed by atoms with van der Waals surface area (Å²) >= 11 is 0. The molecule has 2 aromatic carbocycles. The van der Waals surface area contributed by atoms with Gasteiger partial charge >= 0.3 is 0 Å². The van der Waals surface area contributed by atoms with Crippen molar-refractivity contribution in [2.45, 2.75) is 12.8 Å². The van der Waals surface area contributed by atoms with Crippen molar-refractivity contribution in [1.29, 1.82) is 0 Å². The Bertz CT molecular complexity index is 461. The van der Waals surface area contributed by atoms with E-state index >= 15 is 0 Å². The van der Waals surface area contributed by atoms with Crippen molar-refractivity contribution in [2.75, 3.05) is 13.2 Å². The minimum atomic E-state index is 0.150. The number of ketones is 1. The predicted molar refractivity (Wildman–Crippen MR) is 78.1 cm³/mol. The molecule has 0 aliphatic carbocycles. The lowest BCUT2D eigenvalue weighted by Gasteiger charge is -2.06. The number of ether oxygens (including phenoxy) is 2. The summed E-state index contributed by atoms with van der Waals surface area (Å²) in [5.74, 6) is 1.73. The Morgan fingerprint density at radius 1 is 0.700 bits per heavy atom. The molecule has 3 heteroatoms. The van der Waals surface area contributed by atoms with Crippen LogP contribution in [0.3, 0.4) is 0 Å². The average Bonchev–Trinajstić information content (AvgIpc) is 2.49. The number of rotatable bonds is 8. The highest BCUT2D eigenvalue weighted by atomic mass is 16.5. The van der Waals surface area contributed by atoms with E-state index in [4.69, 9.17) is 9.47 Å².